The molecule has 0 heterocycles. The molecule has 0 fully saturated rings. The first kappa shape index (κ1) is 15.0. The van der Waals surface area contributed by atoms with Gasteiger partial charge >= 0.3 is 11.9 Å². The van der Waals surface area contributed by atoms with Crippen molar-refractivity contribution >= 4 is 23.7 Å². The summed E-state index contributed by atoms with van der Waals surface area (Å²) in [5.41, 5.74) is -0.484. The van der Waals surface area contributed by atoms with Crippen molar-refractivity contribution in [2.75, 3.05) is 0 Å². The van der Waals surface area contributed by atoms with Crippen molar-refractivity contribution in [2.45, 2.75) is 9.79 Å². The average Bonchev–Trinajstić information content (AvgIpc) is 2.42. The minimum Gasteiger partial charge on any atom is -0.478 e. The highest BCUT2D eigenvalue weighted by Crippen LogP contribution is 2.34. The Morgan fingerprint density at radius 1 is 0.857 bits per heavy atom. The number of benzene rings is 2. The van der Waals surface area contributed by atoms with Gasteiger partial charge in [0.15, 0.2) is 11.6 Å². The second-order valence-electron chi connectivity index (χ2n) is 3.97. The summed E-state index contributed by atoms with van der Waals surface area (Å²) in [5, 5.41) is 18.1. The van der Waals surface area contributed by atoms with Crippen molar-refractivity contribution in [2.24, 2.45) is 0 Å². The molecule has 0 bridgehead atoms. The van der Waals surface area contributed by atoms with Crippen LogP contribution >= 0.6 is 11.8 Å². The van der Waals surface area contributed by atoms with Crippen molar-refractivity contribution in [3.63, 3.8) is 0 Å². The monoisotopic (exact) mass is 310 g/mol. The number of aromatic carboxylic acids is 2. The van der Waals surface area contributed by atoms with Crippen molar-refractivity contribution in [3.05, 3.63) is 59.2 Å². The van der Waals surface area contributed by atoms with Gasteiger partial charge in [-0.1, -0.05) is 23.9 Å². The second kappa shape index (κ2) is 5.92. The van der Waals surface area contributed by atoms with Crippen molar-refractivity contribution in [3.8, 4) is 0 Å². The molecule has 0 radical (unpaired) electrons. The molecule has 0 aromatic heterocycles. The number of carboxylic acid groups (broad SMARTS) is 2. The Balaban J connectivity index is 2.52. The molecule has 21 heavy (non-hydrogen) atoms. The van der Waals surface area contributed by atoms with Gasteiger partial charge in [-0.05, 0) is 24.3 Å². The van der Waals surface area contributed by atoms with Gasteiger partial charge in [0.05, 0.1) is 11.1 Å². The number of hydrogen-bond acceptors (Lipinski definition) is 3. The molecule has 0 spiro atoms. The van der Waals surface area contributed by atoms with E-state index in [0.717, 1.165) is 17.8 Å². The zero-order valence-corrected chi connectivity index (χ0v) is 11.2. The van der Waals surface area contributed by atoms with Gasteiger partial charge in [0, 0.05) is 9.79 Å². The molecule has 2 aromatic rings. The number of hydrogen-bond donors (Lipinski definition) is 2. The van der Waals surface area contributed by atoms with Gasteiger partial charge in [-0.25, -0.2) is 18.4 Å². The van der Waals surface area contributed by atoms with E-state index in [2.05, 4.69) is 0 Å². The van der Waals surface area contributed by atoms with Crippen LogP contribution in [0.15, 0.2) is 46.2 Å². The summed E-state index contributed by atoms with van der Waals surface area (Å²) < 4.78 is 26.4. The summed E-state index contributed by atoms with van der Waals surface area (Å²) in [5.74, 6) is -5.10. The van der Waals surface area contributed by atoms with Crippen LogP contribution in [0.3, 0.4) is 0 Å². The second-order valence-corrected chi connectivity index (χ2v) is 5.05. The van der Waals surface area contributed by atoms with Crippen LogP contribution in [0, 0.1) is 11.6 Å². The van der Waals surface area contributed by atoms with Gasteiger partial charge in [-0.3, -0.25) is 0 Å². The largest absolute Gasteiger partial charge is 0.478 e. The normalized spacial score (nSPS) is 10.4. The van der Waals surface area contributed by atoms with Gasteiger partial charge in [0.2, 0.25) is 0 Å². The lowest BCUT2D eigenvalue weighted by atomic mass is 10.2. The van der Waals surface area contributed by atoms with E-state index in [1.165, 1.54) is 18.2 Å². The van der Waals surface area contributed by atoms with Gasteiger partial charge in [0.1, 0.15) is 0 Å². The lowest BCUT2D eigenvalue weighted by Gasteiger charge is -2.09. The lowest BCUT2D eigenvalue weighted by Crippen LogP contribution is -2.03. The first-order valence-corrected chi connectivity index (χ1v) is 6.44. The maximum atomic E-state index is 13.3. The maximum absolute atomic E-state index is 13.3. The van der Waals surface area contributed by atoms with E-state index in [9.17, 15) is 18.4 Å². The fraction of sp³-hybridized carbons (Fsp3) is 0. The van der Waals surface area contributed by atoms with E-state index in [1.54, 1.807) is 6.07 Å². The summed E-state index contributed by atoms with van der Waals surface area (Å²) in [7, 11) is 0. The van der Waals surface area contributed by atoms with E-state index in [4.69, 9.17) is 10.2 Å². The fourth-order valence-corrected chi connectivity index (χ4v) is 2.70. The minimum absolute atomic E-state index is 0.0522. The van der Waals surface area contributed by atoms with Crippen LogP contribution in [-0.2, 0) is 0 Å². The van der Waals surface area contributed by atoms with E-state index >= 15 is 0 Å². The van der Waals surface area contributed by atoms with Crippen LogP contribution in [0.25, 0.3) is 0 Å². The summed E-state index contributed by atoms with van der Waals surface area (Å²) in [6.07, 6.45) is 0. The third-order valence-electron chi connectivity index (χ3n) is 2.59. The molecule has 0 aliphatic heterocycles. The molecule has 0 aliphatic carbocycles. The predicted octanol–water partition coefficient (Wildman–Crippen LogP) is 3.51. The molecule has 7 heteroatoms. The molecule has 2 N–H and O–H groups in total. The quantitative estimate of drug-likeness (QED) is 0.904. The number of carbonyl (C=O) groups is 2. The highest BCUT2D eigenvalue weighted by atomic mass is 32.2. The third-order valence-corrected chi connectivity index (χ3v) is 3.72. The standard InChI is InChI=1S/C14H8F2O4S/c15-9-5-8(14(19)20)12(6-10(9)16)21-11-4-2-1-3-7(11)13(17)18/h1-6H,(H,17,18)(H,19,20). The molecular formula is C14H8F2O4S. The van der Waals surface area contributed by atoms with Crippen LogP contribution < -0.4 is 0 Å². The Kier molecular flexibility index (Phi) is 4.23. The van der Waals surface area contributed by atoms with E-state index < -0.39 is 29.1 Å². The SMILES string of the molecule is O=C(O)c1ccccc1Sc1cc(F)c(F)cc1C(=O)O. The summed E-state index contributed by atoms with van der Waals surface area (Å²) in [4.78, 5) is 22.3. The molecule has 0 saturated heterocycles. The van der Waals surface area contributed by atoms with Crippen LogP contribution in [0.1, 0.15) is 20.7 Å². The molecule has 0 atom stereocenters. The average molecular weight is 310 g/mol. The van der Waals surface area contributed by atoms with Crippen LogP contribution in [0.4, 0.5) is 8.78 Å². The van der Waals surface area contributed by atoms with Gasteiger partial charge < -0.3 is 10.2 Å². The lowest BCUT2D eigenvalue weighted by molar-refractivity contribution is 0.0683. The Morgan fingerprint density at radius 3 is 2.05 bits per heavy atom. The van der Waals surface area contributed by atoms with Gasteiger partial charge in [0.25, 0.3) is 0 Å². The van der Waals surface area contributed by atoms with E-state index in [0.29, 0.717) is 6.07 Å². The molecular weight excluding hydrogens is 302 g/mol. The molecule has 0 amide bonds. The fourth-order valence-electron chi connectivity index (χ4n) is 1.63. The third kappa shape index (κ3) is 3.19. The molecule has 2 rings (SSSR count). The number of halogens is 2. The van der Waals surface area contributed by atoms with Crippen LogP contribution in [0.2, 0.25) is 0 Å². The first-order chi connectivity index (χ1) is 9.90. The van der Waals surface area contributed by atoms with E-state index in [-0.39, 0.29) is 15.4 Å². The highest BCUT2D eigenvalue weighted by molar-refractivity contribution is 7.99. The molecule has 2 aromatic carbocycles. The van der Waals surface area contributed by atoms with Gasteiger partial charge in [-0.15, -0.1) is 0 Å². The summed E-state index contributed by atoms with van der Waals surface area (Å²) in [6, 6.07) is 7.18. The zero-order chi connectivity index (χ0) is 15.6. The molecule has 0 saturated carbocycles. The maximum Gasteiger partial charge on any atom is 0.336 e. The number of rotatable bonds is 4. The molecule has 0 aliphatic rings. The molecule has 4 nitrogen and oxygen atoms in total. The van der Waals surface area contributed by atoms with Crippen molar-refractivity contribution < 1.29 is 28.6 Å². The summed E-state index contributed by atoms with van der Waals surface area (Å²) in [6.45, 7) is 0. The topological polar surface area (TPSA) is 74.6 Å². The van der Waals surface area contributed by atoms with E-state index in [1.807, 2.05) is 0 Å². The van der Waals surface area contributed by atoms with Crippen molar-refractivity contribution in [1.82, 2.24) is 0 Å². The molecule has 108 valence electrons. The summed E-state index contributed by atoms with van der Waals surface area (Å²) >= 11 is 0.752. The number of carboxylic acids is 2. The predicted molar refractivity (Wildman–Crippen MR) is 70.8 cm³/mol. The van der Waals surface area contributed by atoms with Gasteiger partial charge in [-0.2, -0.15) is 0 Å². The Labute approximate surface area is 122 Å². The molecule has 0 unspecified atom stereocenters. The Hall–Kier alpha value is -2.41. The Bertz CT molecular complexity index is 731. The first-order valence-electron chi connectivity index (χ1n) is 5.62. The van der Waals surface area contributed by atoms with Crippen LogP contribution in [-0.4, -0.2) is 22.2 Å². The van der Waals surface area contributed by atoms with Crippen molar-refractivity contribution in [1.29, 1.82) is 0 Å². The van der Waals surface area contributed by atoms with Crippen LogP contribution in [0.5, 0.6) is 0 Å². The zero-order valence-electron chi connectivity index (χ0n) is 10.3. The minimum atomic E-state index is -1.43. The Morgan fingerprint density at radius 2 is 1.43 bits per heavy atom. The smallest absolute Gasteiger partial charge is 0.336 e. The highest BCUT2D eigenvalue weighted by Gasteiger charge is 2.18.